The molecule has 138 valence electrons. The Bertz CT molecular complexity index is 803. The van der Waals surface area contributed by atoms with Crippen molar-refractivity contribution in [1.82, 2.24) is 15.0 Å². The van der Waals surface area contributed by atoms with Gasteiger partial charge in [-0.1, -0.05) is 22.8 Å². The summed E-state index contributed by atoms with van der Waals surface area (Å²) in [6, 6.07) is 7.00. The lowest BCUT2D eigenvalue weighted by Gasteiger charge is -2.36. The van der Waals surface area contributed by atoms with Gasteiger partial charge in [-0.25, -0.2) is 4.79 Å². The van der Waals surface area contributed by atoms with Crippen molar-refractivity contribution in [3.05, 3.63) is 41.0 Å². The van der Waals surface area contributed by atoms with Gasteiger partial charge in [-0.3, -0.25) is 0 Å². The first-order chi connectivity index (χ1) is 12.6. The van der Waals surface area contributed by atoms with Crippen molar-refractivity contribution in [3.63, 3.8) is 0 Å². The number of aromatic nitrogens is 2. The number of carbonyl (C=O) groups excluding carboxylic acids is 1. The normalized spacial score (nSPS) is 21.9. The fraction of sp³-hybridized carbons (Fsp3) is 0.500. The molecule has 26 heavy (non-hydrogen) atoms. The minimum atomic E-state index is -0.142. The van der Waals surface area contributed by atoms with Gasteiger partial charge in [0.25, 0.3) is 0 Å². The summed E-state index contributed by atoms with van der Waals surface area (Å²) in [6.07, 6.45) is 1.75. The maximum absolute atomic E-state index is 12.8. The maximum atomic E-state index is 12.8. The number of aryl methyl sites for hydroxylation is 1. The van der Waals surface area contributed by atoms with Gasteiger partial charge in [0.1, 0.15) is 0 Å². The Hall–Kier alpha value is -2.12. The van der Waals surface area contributed by atoms with E-state index in [2.05, 4.69) is 15.5 Å². The van der Waals surface area contributed by atoms with Crippen LogP contribution < -0.4 is 5.32 Å². The molecule has 1 unspecified atom stereocenters. The maximum Gasteiger partial charge on any atom is 0.321 e. The number of hydrogen-bond acceptors (Lipinski definition) is 5. The second-order valence-corrected chi connectivity index (χ2v) is 7.46. The molecule has 2 aliphatic rings. The molecule has 0 saturated carbocycles. The smallest absolute Gasteiger partial charge is 0.321 e. The summed E-state index contributed by atoms with van der Waals surface area (Å²) in [5.41, 5.74) is 0.601. The number of likely N-dealkylation sites (tertiary alicyclic amines) is 1. The molecular weight excluding hydrogens is 356 g/mol. The Balaban J connectivity index is 1.55. The first-order valence-electron chi connectivity index (χ1n) is 8.75. The van der Waals surface area contributed by atoms with Crippen LogP contribution in [0, 0.1) is 12.3 Å². The zero-order valence-electron chi connectivity index (χ0n) is 14.6. The highest BCUT2D eigenvalue weighted by molar-refractivity contribution is 6.30. The van der Waals surface area contributed by atoms with Gasteiger partial charge < -0.3 is 19.5 Å². The van der Waals surface area contributed by atoms with Crippen LogP contribution in [0.3, 0.4) is 0 Å². The number of nitrogens with one attached hydrogen (secondary N) is 1. The number of hydrogen-bond donors (Lipinski definition) is 1. The van der Waals surface area contributed by atoms with E-state index in [0.29, 0.717) is 48.7 Å². The van der Waals surface area contributed by atoms with Crippen LogP contribution in [0.15, 0.2) is 28.8 Å². The molecule has 1 aromatic heterocycles. The third-order valence-corrected chi connectivity index (χ3v) is 5.58. The van der Waals surface area contributed by atoms with E-state index in [4.69, 9.17) is 20.9 Å². The summed E-state index contributed by atoms with van der Waals surface area (Å²) in [6.45, 7) is 4.38. The number of anilines is 1. The summed E-state index contributed by atoms with van der Waals surface area (Å²) in [5, 5.41) is 7.45. The highest BCUT2D eigenvalue weighted by atomic mass is 35.5. The van der Waals surface area contributed by atoms with Crippen LogP contribution in [-0.4, -0.2) is 47.4 Å². The number of halogens is 1. The van der Waals surface area contributed by atoms with Crippen LogP contribution in [0.4, 0.5) is 10.5 Å². The molecule has 1 aromatic carbocycles. The minimum absolute atomic E-state index is 0.0257. The topological polar surface area (TPSA) is 80.5 Å². The van der Waals surface area contributed by atoms with E-state index >= 15 is 0 Å². The number of ether oxygens (including phenoxy) is 1. The SMILES string of the molecule is Cc1noc(C2CN(C(=O)Nc3cccc(Cl)c3)CC23CCOCC3)n1. The highest BCUT2D eigenvalue weighted by Crippen LogP contribution is 2.49. The molecule has 4 rings (SSSR count). The van der Waals surface area contributed by atoms with Gasteiger partial charge in [0.2, 0.25) is 5.89 Å². The van der Waals surface area contributed by atoms with Gasteiger partial charge in [-0.15, -0.1) is 0 Å². The lowest BCUT2D eigenvalue weighted by molar-refractivity contribution is 0.00959. The summed E-state index contributed by atoms with van der Waals surface area (Å²) in [7, 11) is 0. The molecule has 0 aliphatic carbocycles. The molecule has 0 bridgehead atoms. The summed E-state index contributed by atoms with van der Waals surface area (Å²) >= 11 is 6.00. The van der Waals surface area contributed by atoms with E-state index in [-0.39, 0.29) is 17.4 Å². The average Bonchev–Trinajstić information content (AvgIpc) is 3.20. The Morgan fingerprint density at radius 1 is 1.38 bits per heavy atom. The highest BCUT2D eigenvalue weighted by Gasteiger charge is 2.51. The molecule has 2 fully saturated rings. The van der Waals surface area contributed by atoms with E-state index in [9.17, 15) is 4.79 Å². The van der Waals surface area contributed by atoms with Crippen LogP contribution in [0.1, 0.15) is 30.5 Å². The van der Waals surface area contributed by atoms with Crippen molar-refractivity contribution in [2.45, 2.75) is 25.7 Å². The number of rotatable bonds is 2. The Morgan fingerprint density at radius 2 is 2.19 bits per heavy atom. The number of nitrogens with zero attached hydrogens (tertiary/aromatic N) is 3. The van der Waals surface area contributed by atoms with Crippen molar-refractivity contribution < 1.29 is 14.1 Å². The first kappa shape index (κ1) is 17.3. The second kappa shape index (κ2) is 6.89. The molecule has 7 nitrogen and oxygen atoms in total. The predicted octanol–water partition coefficient (Wildman–Crippen LogP) is 3.46. The van der Waals surface area contributed by atoms with Crippen molar-refractivity contribution in [2.75, 3.05) is 31.6 Å². The van der Waals surface area contributed by atoms with Crippen LogP contribution in [0.25, 0.3) is 0 Å². The predicted molar refractivity (Wildman–Crippen MR) is 96.3 cm³/mol. The molecule has 2 saturated heterocycles. The lowest BCUT2D eigenvalue weighted by Crippen LogP contribution is -2.38. The monoisotopic (exact) mass is 376 g/mol. The second-order valence-electron chi connectivity index (χ2n) is 7.03. The fourth-order valence-electron chi connectivity index (χ4n) is 3.97. The Kier molecular flexibility index (Phi) is 4.58. The molecule has 2 aromatic rings. The van der Waals surface area contributed by atoms with E-state index in [1.54, 1.807) is 12.1 Å². The van der Waals surface area contributed by atoms with Crippen molar-refractivity contribution in [1.29, 1.82) is 0 Å². The zero-order valence-corrected chi connectivity index (χ0v) is 15.3. The largest absolute Gasteiger partial charge is 0.381 e. The lowest BCUT2D eigenvalue weighted by atomic mass is 9.72. The zero-order chi connectivity index (χ0) is 18.1. The van der Waals surface area contributed by atoms with E-state index in [1.165, 1.54) is 0 Å². The van der Waals surface area contributed by atoms with Crippen LogP contribution in [0.2, 0.25) is 5.02 Å². The number of benzene rings is 1. The van der Waals surface area contributed by atoms with Gasteiger partial charge in [-0.2, -0.15) is 4.98 Å². The molecule has 2 aliphatic heterocycles. The van der Waals surface area contributed by atoms with Gasteiger partial charge in [0.15, 0.2) is 5.82 Å². The van der Waals surface area contributed by atoms with Crippen LogP contribution in [-0.2, 0) is 4.74 Å². The third kappa shape index (κ3) is 3.29. The molecule has 0 radical (unpaired) electrons. The van der Waals surface area contributed by atoms with E-state index in [1.807, 2.05) is 24.0 Å². The average molecular weight is 377 g/mol. The fourth-order valence-corrected chi connectivity index (χ4v) is 4.16. The molecule has 2 amide bonds. The summed E-state index contributed by atoms with van der Waals surface area (Å²) in [5.74, 6) is 1.25. The van der Waals surface area contributed by atoms with Gasteiger partial charge in [0.05, 0.1) is 5.92 Å². The van der Waals surface area contributed by atoms with Crippen LogP contribution >= 0.6 is 11.6 Å². The molecule has 1 atom stereocenters. The van der Waals surface area contributed by atoms with Crippen molar-refractivity contribution >= 4 is 23.3 Å². The van der Waals surface area contributed by atoms with E-state index in [0.717, 1.165) is 12.8 Å². The van der Waals surface area contributed by atoms with Gasteiger partial charge >= 0.3 is 6.03 Å². The summed E-state index contributed by atoms with van der Waals surface area (Å²) in [4.78, 5) is 19.1. The van der Waals surface area contributed by atoms with Crippen molar-refractivity contribution in [3.8, 4) is 0 Å². The Labute approximate surface area is 156 Å². The number of urea groups is 1. The molecule has 3 heterocycles. The van der Waals surface area contributed by atoms with Crippen LogP contribution in [0.5, 0.6) is 0 Å². The van der Waals surface area contributed by atoms with Gasteiger partial charge in [0, 0.05) is 42.4 Å². The number of carbonyl (C=O) groups is 1. The number of amides is 2. The Morgan fingerprint density at radius 3 is 2.88 bits per heavy atom. The summed E-state index contributed by atoms with van der Waals surface area (Å²) < 4.78 is 11.0. The molecule has 8 heteroatoms. The molecular formula is C18H21ClN4O3. The minimum Gasteiger partial charge on any atom is -0.381 e. The standard InChI is InChI=1S/C18H21ClN4O3/c1-12-20-16(26-22-12)15-10-23(11-18(15)5-7-25-8-6-18)17(24)21-14-4-2-3-13(19)9-14/h2-4,9,15H,5-8,10-11H2,1H3,(H,21,24). The first-order valence-corrected chi connectivity index (χ1v) is 9.13. The van der Waals surface area contributed by atoms with Gasteiger partial charge in [-0.05, 0) is 38.0 Å². The quantitative estimate of drug-likeness (QED) is 0.868. The molecule has 1 N–H and O–H groups in total. The van der Waals surface area contributed by atoms with Crippen molar-refractivity contribution in [2.24, 2.45) is 5.41 Å². The third-order valence-electron chi connectivity index (χ3n) is 5.34. The molecule has 1 spiro atoms. The van der Waals surface area contributed by atoms with E-state index < -0.39 is 0 Å².